The van der Waals surface area contributed by atoms with E-state index in [9.17, 15) is 9.90 Å². The SMILES string of the molecule is CCCn1cc(C(NCC2CCCO2)C(=O)O)cn1. The second kappa shape index (κ2) is 6.68. The highest BCUT2D eigenvalue weighted by molar-refractivity contribution is 5.75. The van der Waals surface area contributed by atoms with Gasteiger partial charge in [-0.15, -0.1) is 0 Å². The molecule has 1 aliphatic rings. The van der Waals surface area contributed by atoms with Crippen LogP contribution in [0.15, 0.2) is 12.4 Å². The number of carbonyl (C=O) groups is 1. The monoisotopic (exact) mass is 267 g/mol. The van der Waals surface area contributed by atoms with E-state index in [2.05, 4.69) is 17.3 Å². The minimum Gasteiger partial charge on any atom is -0.480 e. The van der Waals surface area contributed by atoms with Gasteiger partial charge in [-0.05, 0) is 19.3 Å². The number of hydrogen-bond acceptors (Lipinski definition) is 4. The minimum absolute atomic E-state index is 0.132. The average molecular weight is 267 g/mol. The lowest BCUT2D eigenvalue weighted by Gasteiger charge is -2.16. The second-order valence-electron chi connectivity index (χ2n) is 4.85. The summed E-state index contributed by atoms with van der Waals surface area (Å²) in [6.45, 7) is 4.21. The predicted molar refractivity (Wildman–Crippen MR) is 69.9 cm³/mol. The first-order valence-electron chi connectivity index (χ1n) is 6.81. The summed E-state index contributed by atoms with van der Waals surface area (Å²) in [4.78, 5) is 11.3. The van der Waals surface area contributed by atoms with Crippen LogP contribution in [0.5, 0.6) is 0 Å². The first-order chi connectivity index (χ1) is 9.20. The van der Waals surface area contributed by atoms with Crippen LogP contribution in [0.4, 0.5) is 0 Å². The van der Waals surface area contributed by atoms with Crippen LogP contribution >= 0.6 is 0 Å². The zero-order valence-electron chi connectivity index (χ0n) is 11.2. The molecule has 6 heteroatoms. The number of nitrogens with zero attached hydrogens (tertiary/aromatic N) is 2. The van der Waals surface area contributed by atoms with Gasteiger partial charge in [-0.3, -0.25) is 14.8 Å². The van der Waals surface area contributed by atoms with Crippen molar-refractivity contribution >= 4 is 5.97 Å². The Bertz CT molecular complexity index is 413. The Labute approximate surface area is 112 Å². The summed E-state index contributed by atoms with van der Waals surface area (Å²) in [5, 5.41) is 16.5. The predicted octanol–water partition coefficient (Wildman–Crippen LogP) is 1.19. The van der Waals surface area contributed by atoms with Crippen LogP contribution in [-0.2, 0) is 16.1 Å². The first kappa shape index (κ1) is 14.0. The van der Waals surface area contributed by atoms with Gasteiger partial charge in [-0.2, -0.15) is 5.10 Å². The third-order valence-corrected chi connectivity index (χ3v) is 3.26. The van der Waals surface area contributed by atoms with Gasteiger partial charge in [0.1, 0.15) is 6.04 Å². The molecule has 1 saturated heterocycles. The van der Waals surface area contributed by atoms with Gasteiger partial charge < -0.3 is 9.84 Å². The van der Waals surface area contributed by atoms with E-state index in [1.807, 2.05) is 0 Å². The molecule has 1 aliphatic heterocycles. The number of ether oxygens (including phenoxy) is 1. The van der Waals surface area contributed by atoms with Gasteiger partial charge in [0.15, 0.2) is 0 Å². The van der Waals surface area contributed by atoms with E-state index in [1.165, 1.54) is 0 Å². The number of carboxylic acids is 1. The maximum atomic E-state index is 11.3. The second-order valence-corrected chi connectivity index (χ2v) is 4.85. The van der Waals surface area contributed by atoms with Crippen LogP contribution in [0.25, 0.3) is 0 Å². The van der Waals surface area contributed by atoms with Crippen molar-refractivity contribution in [3.05, 3.63) is 18.0 Å². The van der Waals surface area contributed by atoms with Crippen molar-refractivity contribution in [1.82, 2.24) is 15.1 Å². The highest BCUT2D eigenvalue weighted by Gasteiger charge is 2.23. The highest BCUT2D eigenvalue weighted by atomic mass is 16.5. The Morgan fingerprint density at radius 2 is 2.58 bits per heavy atom. The summed E-state index contributed by atoms with van der Waals surface area (Å²) in [6, 6.07) is -0.713. The summed E-state index contributed by atoms with van der Waals surface area (Å²) in [6.07, 6.45) is 6.57. The third kappa shape index (κ3) is 3.78. The fourth-order valence-corrected chi connectivity index (χ4v) is 2.28. The van der Waals surface area contributed by atoms with Gasteiger partial charge in [-0.25, -0.2) is 0 Å². The van der Waals surface area contributed by atoms with Crippen molar-refractivity contribution in [3.63, 3.8) is 0 Å². The van der Waals surface area contributed by atoms with Gasteiger partial charge in [0, 0.05) is 31.5 Å². The Morgan fingerprint density at radius 1 is 1.74 bits per heavy atom. The lowest BCUT2D eigenvalue weighted by molar-refractivity contribution is -0.139. The number of carboxylic acid groups (broad SMARTS) is 1. The molecule has 0 saturated carbocycles. The lowest BCUT2D eigenvalue weighted by atomic mass is 10.1. The summed E-state index contributed by atoms with van der Waals surface area (Å²) >= 11 is 0. The molecule has 1 aromatic rings. The number of hydrogen-bond donors (Lipinski definition) is 2. The molecule has 0 radical (unpaired) electrons. The molecule has 0 bridgehead atoms. The molecule has 2 N–H and O–H groups in total. The standard InChI is InChI=1S/C13H21N3O3/c1-2-5-16-9-10(7-15-16)12(13(17)18)14-8-11-4-3-6-19-11/h7,9,11-12,14H,2-6,8H2,1H3,(H,17,18). The number of rotatable bonds is 7. The van der Waals surface area contributed by atoms with Crippen LogP contribution in [0.1, 0.15) is 37.8 Å². The molecule has 6 nitrogen and oxygen atoms in total. The fraction of sp³-hybridized carbons (Fsp3) is 0.692. The molecular weight excluding hydrogens is 246 g/mol. The van der Waals surface area contributed by atoms with E-state index >= 15 is 0 Å². The van der Waals surface area contributed by atoms with Crippen LogP contribution in [0.3, 0.4) is 0 Å². The van der Waals surface area contributed by atoms with E-state index in [0.717, 1.165) is 32.4 Å². The summed E-state index contributed by atoms with van der Waals surface area (Å²) in [5.74, 6) is -0.881. The number of aliphatic carboxylic acids is 1. The number of nitrogens with one attached hydrogen (secondary N) is 1. The average Bonchev–Trinajstić information content (AvgIpc) is 3.01. The minimum atomic E-state index is -0.881. The molecule has 0 aromatic carbocycles. The van der Waals surface area contributed by atoms with Gasteiger partial charge >= 0.3 is 5.97 Å². The van der Waals surface area contributed by atoms with E-state index in [-0.39, 0.29) is 6.10 Å². The zero-order valence-corrected chi connectivity index (χ0v) is 11.2. The van der Waals surface area contributed by atoms with Crippen LogP contribution in [0, 0.1) is 0 Å². The van der Waals surface area contributed by atoms with E-state index < -0.39 is 12.0 Å². The van der Waals surface area contributed by atoms with Gasteiger partial charge in [0.2, 0.25) is 0 Å². The molecule has 106 valence electrons. The Balaban J connectivity index is 1.95. The van der Waals surface area contributed by atoms with Crippen molar-refractivity contribution in [3.8, 4) is 0 Å². The molecular formula is C13H21N3O3. The molecule has 2 heterocycles. The van der Waals surface area contributed by atoms with Crippen molar-refractivity contribution in [1.29, 1.82) is 0 Å². The molecule has 0 amide bonds. The van der Waals surface area contributed by atoms with Crippen molar-refractivity contribution in [2.24, 2.45) is 0 Å². The fourth-order valence-electron chi connectivity index (χ4n) is 2.28. The normalized spacial score (nSPS) is 20.6. The number of aromatic nitrogens is 2. The molecule has 1 fully saturated rings. The topological polar surface area (TPSA) is 76.4 Å². The Morgan fingerprint density at radius 3 is 3.21 bits per heavy atom. The zero-order chi connectivity index (χ0) is 13.7. The maximum absolute atomic E-state index is 11.3. The van der Waals surface area contributed by atoms with E-state index in [4.69, 9.17) is 4.74 Å². The Kier molecular flexibility index (Phi) is 4.93. The lowest BCUT2D eigenvalue weighted by Crippen LogP contribution is -2.34. The highest BCUT2D eigenvalue weighted by Crippen LogP contribution is 2.15. The van der Waals surface area contributed by atoms with Crippen molar-refractivity contribution < 1.29 is 14.6 Å². The third-order valence-electron chi connectivity index (χ3n) is 3.26. The first-order valence-corrected chi connectivity index (χ1v) is 6.81. The maximum Gasteiger partial charge on any atom is 0.325 e. The van der Waals surface area contributed by atoms with Crippen LogP contribution < -0.4 is 5.32 Å². The molecule has 19 heavy (non-hydrogen) atoms. The van der Waals surface area contributed by atoms with Gasteiger partial charge in [-0.1, -0.05) is 6.92 Å². The van der Waals surface area contributed by atoms with E-state index in [0.29, 0.717) is 12.1 Å². The Hall–Kier alpha value is -1.40. The van der Waals surface area contributed by atoms with Gasteiger partial charge in [0.25, 0.3) is 0 Å². The quantitative estimate of drug-likeness (QED) is 0.776. The molecule has 0 aliphatic carbocycles. The van der Waals surface area contributed by atoms with Crippen LogP contribution in [0.2, 0.25) is 0 Å². The molecule has 2 unspecified atom stereocenters. The summed E-state index contributed by atoms with van der Waals surface area (Å²) < 4.78 is 7.26. The van der Waals surface area contributed by atoms with Crippen molar-refractivity contribution in [2.45, 2.75) is 44.9 Å². The smallest absolute Gasteiger partial charge is 0.325 e. The molecule has 0 spiro atoms. The molecule has 1 aromatic heterocycles. The summed E-state index contributed by atoms with van der Waals surface area (Å²) in [7, 11) is 0. The molecule has 2 atom stereocenters. The molecule has 2 rings (SSSR count). The summed E-state index contributed by atoms with van der Waals surface area (Å²) in [5.41, 5.74) is 0.693. The van der Waals surface area contributed by atoms with Crippen molar-refractivity contribution in [2.75, 3.05) is 13.2 Å². The van der Waals surface area contributed by atoms with Gasteiger partial charge in [0.05, 0.1) is 12.3 Å². The largest absolute Gasteiger partial charge is 0.480 e. The number of aryl methyl sites for hydroxylation is 1. The van der Waals surface area contributed by atoms with E-state index in [1.54, 1.807) is 17.1 Å². The van der Waals surface area contributed by atoms with Crippen LogP contribution in [-0.4, -0.2) is 40.1 Å².